The Bertz CT molecular complexity index is 726. The fourth-order valence-electron chi connectivity index (χ4n) is 1.53. The summed E-state index contributed by atoms with van der Waals surface area (Å²) < 4.78 is 1.14. The van der Waals surface area contributed by atoms with E-state index < -0.39 is 0 Å². The molecule has 3 rings (SSSR count). The van der Waals surface area contributed by atoms with Crippen LogP contribution in [0.15, 0.2) is 36.1 Å². The first-order valence-corrected chi connectivity index (χ1v) is 6.05. The van der Waals surface area contributed by atoms with Crippen LogP contribution in [0.1, 0.15) is 5.69 Å². The number of nitriles is 1. The third-order valence-corrected chi connectivity index (χ3v) is 3.18. The van der Waals surface area contributed by atoms with Gasteiger partial charge in [-0.05, 0) is 18.2 Å². The highest BCUT2D eigenvalue weighted by Crippen LogP contribution is 2.23. The Kier molecular flexibility index (Phi) is 2.59. The normalized spacial score (nSPS) is 10.2. The lowest BCUT2D eigenvalue weighted by atomic mass is 10.3. The zero-order chi connectivity index (χ0) is 12.4. The van der Waals surface area contributed by atoms with Crippen LogP contribution in [0.5, 0.6) is 0 Å². The van der Waals surface area contributed by atoms with Gasteiger partial charge in [0.15, 0.2) is 5.69 Å². The first-order chi connectivity index (χ1) is 8.85. The topological polar surface area (TPSA) is 74.5 Å². The highest BCUT2D eigenvalue weighted by Gasteiger charge is 2.01. The van der Waals surface area contributed by atoms with Gasteiger partial charge in [-0.25, -0.2) is 15.0 Å². The van der Waals surface area contributed by atoms with Crippen molar-refractivity contribution >= 4 is 33.1 Å². The smallest absolute Gasteiger partial charge is 0.158 e. The second-order valence-electron chi connectivity index (χ2n) is 3.56. The number of fused-ring (bicyclic) bond motifs is 1. The standard InChI is InChI=1S/C12H7N5S/c13-4-9-5-15-12(6-14-9)17-8-1-2-11-10(3-8)16-7-18-11/h1-3,5-7H,(H,15,17). The molecule has 0 bridgehead atoms. The molecule has 0 radical (unpaired) electrons. The van der Waals surface area contributed by atoms with Gasteiger partial charge in [0.1, 0.15) is 11.9 Å². The van der Waals surface area contributed by atoms with Gasteiger partial charge in [-0.3, -0.25) is 0 Å². The van der Waals surface area contributed by atoms with Crippen LogP contribution in [0.2, 0.25) is 0 Å². The molecule has 0 saturated heterocycles. The van der Waals surface area contributed by atoms with Gasteiger partial charge in [-0.15, -0.1) is 11.3 Å². The van der Waals surface area contributed by atoms with Crippen molar-refractivity contribution in [2.75, 3.05) is 5.32 Å². The van der Waals surface area contributed by atoms with Gasteiger partial charge in [-0.2, -0.15) is 5.26 Å². The van der Waals surface area contributed by atoms with Crippen LogP contribution in [0.25, 0.3) is 10.2 Å². The molecule has 0 saturated carbocycles. The Morgan fingerprint density at radius 1 is 1.17 bits per heavy atom. The number of thiazole rings is 1. The van der Waals surface area contributed by atoms with E-state index in [0.717, 1.165) is 15.9 Å². The molecule has 1 aromatic carbocycles. The summed E-state index contributed by atoms with van der Waals surface area (Å²) >= 11 is 1.60. The number of aromatic nitrogens is 3. The Morgan fingerprint density at radius 3 is 2.89 bits per heavy atom. The van der Waals surface area contributed by atoms with E-state index in [0.29, 0.717) is 11.5 Å². The number of hydrogen-bond acceptors (Lipinski definition) is 6. The average molecular weight is 253 g/mol. The lowest BCUT2D eigenvalue weighted by Gasteiger charge is -2.04. The predicted molar refractivity (Wildman–Crippen MR) is 69.6 cm³/mol. The van der Waals surface area contributed by atoms with Gasteiger partial charge in [-0.1, -0.05) is 0 Å². The van der Waals surface area contributed by atoms with Crippen molar-refractivity contribution in [1.82, 2.24) is 15.0 Å². The van der Waals surface area contributed by atoms with Crippen molar-refractivity contribution in [3.8, 4) is 6.07 Å². The Morgan fingerprint density at radius 2 is 2.11 bits per heavy atom. The third kappa shape index (κ3) is 1.99. The average Bonchev–Trinajstić information content (AvgIpc) is 2.87. The molecule has 0 aliphatic heterocycles. The van der Waals surface area contributed by atoms with Crippen LogP contribution in [0.4, 0.5) is 11.5 Å². The van der Waals surface area contributed by atoms with Gasteiger partial charge in [0.2, 0.25) is 0 Å². The molecule has 1 N–H and O–H groups in total. The molecule has 2 heterocycles. The number of benzene rings is 1. The summed E-state index contributed by atoms with van der Waals surface area (Å²) in [5, 5.41) is 11.8. The molecule has 86 valence electrons. The molecule has 0 unspecified atom stereocenters. The Labute approximate surface area is 107 Å². The summed E-state index contributed by atoms with van der Waals surface area (Å²) in [6, 6.07) is 7.84. The van der Waals surface area contributed by atoms with Gasteiger partial charge < -0.3 is 5.32 Å². The minimum Gasteiger partial charge on any atom is -0.339 e. The monoisotopic (exact) mass is 253 g/mol. The summed E-state index contributed by atoms with van der Waals surface area (Å²) in [5.74, 6) is 0.601. The second-order valence-corrected chi connectivity index (χ2v) is 4.44. The van der Waals surface area contributed by atoms with E-state index >= 15 is 0 Å². The van der Waals surface area contributed by atoms with Crippen LogP contribution < -0.4 is 5.32 Å². The van der Waals surface area contributed by atoms with Crippen LogP contribution in [0.3, 0.4) is 0 Å². The fourth-order valence-corrected chi connectivity index (χ4v) is 2.19. The molecule has 0 fully saturated rings. The van der Waals surface area contributed by atoms with Gasteiger partial charge in [0, 0.05) is 5.69 Å². The minimum atomic E-state index is 0.301. The summed E-state index contributed by atoms with van der Waals surface area (Å²) in [5.41, 5.74) is 3.96. The van der Waals surface area contributed by atoms with Crippen LogP contribution in [-0.2, 0) is 0 Å². The van der Waals surface area contributed by atoms with Gasteiger partial charge in [0.05, 0.1) is 28.1 Å². The van der Waals surface area contributed by atoms with E-state index in [1.165, 1.54) is 12.4 Å². The first-order valence-electron chi connectivity index (χ1n) is 5.17. The molecule has 0 amide bonds. The van der Waals surface area contributed by atoms with Crippen LogP contribution in [0, 0.1) is 11.3 Å². The molecule has 3 aromatic rings. The van der Waals surface area contributed by atoms with E-state index in [-0.39, 0.29) is 0 Å². The number of hydrogen-bond donors (Lipinski definition) is 1. The highest BCUT2D eigenvalue weighted by atomic mass is 32.1. The summed E-state index contributed by atoms with van der Waals surface area (Å²) in [6.45, 7) is 0. The molecule has 0 atom stereocenters. The van der Waals surface area contributed by atoms with Crippen molar-refractivity contribution in [1.29, 1.82) is 5.26 Å². The Balaban J connectivity index is 1.88. The zero-order valence-electron chi connectivity index (χ0n) is 9.16. The number of nitrogens with one attached hydrogen (secondary N) is 1. The zero-order valence-corrected chi connectivity index (χ0v) is 9.98. The molecule has 5 nitrogen and oxygen atoms in total. The van der Waals surface area contributed by atoms with Crippen molar-refractivity contribution in [3.63, 3.8) is 0 Å². The summed E-state index contributed by atoms with van der Waals surface area (Å²) in [6.07, 6.45) is 2.97. The molecule has 0 aliphatic carbocycles. The number of anilines is 2. The second kappa shape index (κ2) is 4.39. The maximum absolute atomic E-state index is 8.63. The largest absolute Gasteiger partial charge is 0.339 e. The van der Waals surface area contributed by atoms with Crippen LogP contribution in [-0.4, -0.2) is 15.0 Å². The third-order valence-electron chi connectivity index (χ3n) is 2.37. The lowest BCUT2D eigenvalue weighted by Crippen LogP contribution is -1.95. The van der Waals surface area contributed by atoms with E-state index in [9.17, 15) is 0 Å². The Hall–Kier alpha value is -2.52. The molecule has 0 aliphatic rings. The maximum Gasteiger partial charge on any atom is 0.158 e. The van der Waals surface area contributed by atoms with Gasteiger partial charge in [0.25, 0.3) is 0 Å². The van der Waals surface area contributed by atoms with Crippen molar-refractivity contribution in [2.45, 2.75) is 0 Å². The molecule has 2 aromatic heterocycles. The quantitative estimate of drug-likeness (QED) is 0.760. The van der Waals surface area contributed by atoms with Crippen molar-refractivity contribution in [2.24, 2.45) is 0 Å². The molecule has 18 heavy (non-hydrogen) atoms. The van der Waals surface area contributed by atoms with E-state index in [4.69, 9.17) is 5.26 Å². The highest BCUT2D eigenvalue weighted by molar-refractivity contribution is 7.16. The van der Waals surface area contributed by atoms with E-state index in [1.807, 2.05) is 29.8 Å². The summed E-state index contributed by atoms with van der Waals surface area (Å²) in [7, 11) is 0. The molecule has 6 heteroatoms. The number of nitrogens with zero attached hydrogens (tertiary/aromatic N) is 4. The SMILES string of the molecule is N#Cc1cnc(Nc2ccc3scnc3c2)cn1. The summed E-state index contributed by atoms with van der Waals surface area (Å²) in [4.78, 5) is 12.3. The van der Waals surface area contributed by atoms with Crippen molar-refractivity contribution < 1.29 is 0 Å². The number of rotatable bonds is 2. The van der Waals surface area contributed by atoms with Crippen LogP contribution >= 0.6 is 11.3 Å². The lowest BCUT2D eigenvalue weighted by molar-refractivity contribution is 1.16. The maximum atomic E-state index is 8.63. The van der Waals surface area contributed by atoms with Gasteiger partial charge >= 0.3 is 0 Å². The fraction of sp³-hybridized carbons (Fsp3) is 0. The van der Waals surface area contributed by atoms with E-state index in [1.54, 1.807) is 11.3 Å². The van der Waals surface area contributed by atoms with E-state index in [2.05, 4.69) is 20.3 Å². The molecular weight excluding hydrogens is 246 g/mol. The molecular formula is C12H7N5S. The minimum absolute atomic E-state index is 0.301. The first kappa shape index (κ1) is 10.6. The van der Waals surface area contributed by atoms with Crippen molar-refractivity contribution in [3.05, 3.63) is 41.8 Å². The predicted octanol–water partition coefficient (Wildman–Crippen LogP) is 2.70. The molecule has 0 spiro atoms.